The highest BCUT2D eigenvalue weighted by Gasteiger charge is 2.10. The number of nitrogens with zero attached hydrogens (tertiary/aromatic N) is 2. The van der Waals surface area contributed by atoms with Crippen LogP contribution < -0.4 is 5.32 Å². The van der Waals surface area contributed by atoms with Crippen LogP contribution in [0.25, 0.3) is 10.9 Å². The van der Waals surface area contributed by atoms with E-state index in [9.17, 15) is 9.90 Å². The highest BCUT2D eigenvalue weighted by atomic mass is 16.3. The molecule has 3 aromatic rings. The normalized spacial score (nSPS) is 10.4. The summed E-state index contributed by atoms with van der Waals surface area (Å²) in [5, 5.41) is 13.2. The van der Waals surface area contributed by atoms with E-state index in [-0.39, 0.29) is 17.4 Å². The van der Waals surface area contributed by atoms with Crippen LogP contribution >= 0.6 is 0 Å². The van der Waals surface area contributed by atoms with Crippen LogP contribution in [0.15, 0.2) is 54.9 Å². The molecule has 0 atom stereocenters. The number of para-hydroxylation sites is 1. The van der Waals surface area contributed by atoms with Gasteiger partial charge in [0.25, 0.3) is 5.91 Å². The maximum absolute atomic E-state index is 12.1. The first kappa shape index (κ1) is 12.1. The van der Waals surface area contributed by atoms with Crippen molar-refractivity contribution in [3.8, 4) is 5.75 Å². The number of amides is 1. The van der Waals surface area contributed by atoms with Crippen LogP contribution in [0.5, 0.6) is 5.75 Å². The number of hydrogen-bond acceptors (Lipinski definition) is 4. The molecule has 0 aliphatic carbocycles. The van der Waals surface area contributed by atoms with Crippen LogP contribution in [-0.2, 0) is 0 Å². The standard InChI is InChI=1S/C15H11N3O2/c19-13-5-1-3-10-6-7-12(18-14(10)13)15(20)17-11-4-2-8-16-9-11/h1-9,19H,(H,17,20). The molecule has 2 heterocycles. The fraction of sp³-hybridized carbons (Fsp3) is 0. The molecule has 0 spiro atoms. The summed E-state index contributed by atoms with van der Waals surface area (Å²) in [5.74, 6) is -0.290. The second kappa shape index (κ2) is 4.97. The number of nitrogens with one attached hydrogen (secondary N) is 1. The predicted octanol–water partition coefficient (Wildman–Crippen LogP) is 2.59. The zero-order valence-corrected chi connectivity index (χ0v) is 10.4. The Labute approximate surface area is 114 Å². The first-order valence-electron chi connectivity index (χ1n) is 6.04. The smallest absolute Gasteiger partial charge is 0.274 e. The quantitative estimate of drug-likeness (QED) is 0.746. The van der Waals surface area contributed by atoms with Crippen molar-refractivity contribution in [2.75, 3.05) is 5.32 Å². The van der Waals surface area contributed by atoms with E-state index in [0.29, 0.717) is 11.2 Å². The van der Waals surface area contributed by atoms with Gasteiger partial charge >= 0.3 is 0 Å². The molecule has 0 radical (unpaired) electrons. The van der Waals surface area contributed by atoms with Gasteiger partial charge in [0.05, 0.1) is 11.9 Å². The third-order valence-corrected chi connectivity index (χ3v) is 2.85. The zero-order chi connectivity index (χ0) is 13.9. The molecule has 0 saturated carbocycles. The third kappa shape index (κ3) is 2.29. The van der Waals surface area contributed by atoms with E-state index in [0.717, 1.165) is 5.39 Å². The maximum atomic E-state index is 12.1. The molecule has 98 valence electrons. The molecule has 2 N–H and O–H groups in total. The number of fused-ring (bicyclic) bond motifs is 1. The van der Waals surface area contributed by atoms with E-state index in [2.05, 4.69) is 15.3 Å². The SMILES string of the molecule is O=C(Nc1cccnc1)c1ccc2cccc(O)c2n1. The Morgan fingerprint density at radius 2 is 2.00 bits per heavy atom. The van der Waals surface area contributed by atoms with E-state index < -0.39 is 0 Å². The summed E-state index contributed by atoms with van der Waals surface area (Å²) in [6.07, 6.45) is 3.18. The van der Waals surface area contributed by atoms with E-state index in [1.54, 1.807) is 42.7 Å². The molecule has 5 nitrogen and oxygen atoms in total. The van der Waals surface area contributed by atoms with E-state index in [4.69, 9.17) is 0 Å². The number of aromatic hydroxyl groups is 1. The molecule has 2 aromatic heterocycles. The number of benzene rings is 1. The van der Waals surface area contributed by atoms with Crippen LogP contribution in [0, 0.1) is 0 Å². The first-order chi connectivity index (χ1) is 9.74. The first-order valence-corrected chi connectivity index (χ1v) is 6.04. The van der Waals surface area contributed by atoms with Crippen molar-refractivity contribution in [3.63, 3.8) is 0 Å². The largest absolute Gasteiger partial charge is 0.506 e. The minimum Gasteiger partial charge on any atom is -0.506 e. The molecule has 0 unspecified atom stereocenters. The molecular weight excluding hydrogens is 254 g/mol. The van der Waals surface area contributed by atoms with Gasteiger partial charge in [-0.05, 0) is 24.3 Å². The molecule has 0 bridgehead atoms. The van der Waals surface area contributed by atoms with Crippen molar-refractivity contribution in [1.29, 1.82) is 0 Å². The summed E-state index contributed by atoms with van der Waals surface area (Å²) in [6, 6.07) is 11.9. The van der Waals surface area contributed by atoms with Crippen LogP contribution in [-0.4, -0.2) is 21.0 Å². The molecule has 0 aliphatic rings. The van der Waals surface area contributed by atoms with Crippen LogP contribution in [0.4, 0.5) is 5.69 Å². The molecule has 1 aromatic carbocycles. The molecule has 5 heteroatoms. The molecule has 3 rings (SSSR count). The topological polar surface area (TPSA) is 75.1 Å². The number of pyridine rings is 2. The Balaban J connectivity index is 1.94. The zero-order valence-electron chi connectivity index (χ0n) is 10.4. The van der Waals surface area contributed by atoms with Gasteiger partial charge in [-0.1, -0.05) is 18.2 Å². The number of rotatable bonds is 2. The molecule has 1 amide bonds. The van der Waals surface area contributed by atoms with Crippen LogP contribution in [0.3, 0.4) is 0 Å². The van der Waals surface area contributed by atoms with E-state index >= 15 is 0 Å². The van der Waals surface area contributed by atoms with E-state index in [1.807, 2.05) is 6.07 Å². The van der Waals surface area contributed by atoms with Crippen molar-refractivity contribution in [1.82, 2.24) is 9.97 Å². The van der Waals surface area contributed by atoms with Gasteiger partial charge in [0.15, 0.2) is 0 Å². The molecule has 0 fully saturated rings. The number of anilines is 1. The number of phenols is 1. The molecule has 0 saturated heterocycles. The Kier molecular flexibility index (Phi) is 3.01. The summed E-state index contributed by atoms with van der Waals surface area (Å²) in [7, 11) is 0. The van der Waals surface area contributed by atoms with Gasteiger partial charge in [-0.3, -0.25) is 9.78 Å². The Morgan fingerprint density at radius 1 is 1.10 bits per heavy atom. The predicted molar refractivity (Wildman–Crippen MR) is 75.6 cm³/mol. The Bertz CT molecular complexity index is 772. The Hall–Kier alpha value is -2.95. The second-order valence-electron chi connectivity index (χ2n) is 4.24. The molecule has 20 heavy (non-hydrogen) atoms. The number of hydrogen-bond donors (Lipinski definition) is 2. The molecule has 0 aliphatic heterocycles. The fourth-order valence-corrected chi connectivity index (χ4v) is 1.89. The maximum Gasteiger partial charge on any atom is 0.274 e. The van der Waals surface area contributed by atoms with Crippen molar-refractivity contribution in [2.24, 2.45) is 0 Å². The summed E-state index contributed by atoms with van der Waals surface area (Å²) in [4.78, 5) is 20.2. The minimum absolute atomic E-state index is 0.0542. The van der Waals surface area contributed by atoms with Gasteiger partial charge < -0.3 is 10.4 Å². The van der Waals surface area contributed by atoms with Crippen molar-refractivity contribution in [3.05, 3.63) is 60.6 Å². The fourth-order valence-electron chi connectivity index (χ4n) is 1.89. The lowest BCUT2D eigenvalue weighted by molar-refractivity contribution is 0.102. The summed E-state index contributed by atoms with van der Waals surface area (Å²) in [5.41, 5.74) is 1.24. The summed E-state index contributed by atoms with van der Waals surface area (Å²) < 4.78 is 0. The number of aromatic nitrogens is 2. The summed E-state index contributed by atoms with van der Waals surface area (Å²) >= 11 is 0. The van der Waals surface area contributed by atoms with Gasteiger partial charge in [0, 0.05) is 11.6 Å². The highest BCUT2D eigenvalue weighted by Crippen LogP contribution is 2.22. The van der Waals surface area contributed by atoms with Crippen molar-refractivity contribution < 1.29 is 9.90 Å². The third-order valence-electron chi connectivity index (χ3n) is 2.85. The lowest BCUT2D eigenvalue weighted by Crippen LogP contribution is -2.13. The Morgan fingerprint density at radius 3 is 2.80 bits per heavy atom. The molecular formula is C15H11N3O2. The lowest BCUT2D eigenvalue weighted by atomic mass is 10.2. The lowest BCUT2D eigenvalue weighted by Gasteiger charge is -2.05. The van der Waals surface area contributed by atoms with Crippen LogP contribution in [0.1, 0.15) is 10.5 Å². The van der Waals surface area contributed by atoms with Crippen molar-refractivity contribution >= 4 is 22.5 Å². The average Bonchev–Trinajstić information content (AvgIpc) is 2.48. The van der Waals surface area contributed by atoms with Gasteiger partial charge in [0.2, 0.25) is 0 Å². The average molecular weight is 265 g/mol. The van der Waals surface area contributed by atoms with Gasteiger partial charge in [-0.25, -0.2) is 4.98 Å². The monoisotopic (exact) mass is 265 g/mol. The summed E-state index contributed by atoms with van der Waals surface area (Å²) in [6.45, 7) is 0. The van der Waals surface area contributed by atoms with E-state index in [1.165, 1.54) is 6.07 Å². The van der Waals surface area contributed by atoms with Gasteiger partial charge in [-0.15, -0.1) is 0 Å². The highest BCUT2D eigenvalue weighted by molar-refractivity contribution is 6.04. The van der Waals surface area contributed by atoms with Crippen molar-refractivity contribution in [2.45, 2.75) is 0 Å². The number of carbonyl (C=O) groups excluding carboxylic acids is 1. The van der Waals surface area contributed by atoms with Gasteiger partial charge in [0.1, 0.15) is 17.0 Å². The second-order valence-corrected chi connectivity index (χ2v) is 4.24. The van der Waals surface area contributed by atoms with Gasteiger partial charge in [-0.2, -0.15) is 0 Å². The van der Waals surface area contributed by atoms with Crippen LogP contribution in [0.2, 0.25) is 0 Å². The minimum atomic E-state index is -0.344. The number of carbonyl (C=O) groups is 1. The number of phenolic OH excluding ortho intramolecular Hbond substituents is 1.